The SMILES string of the molecule is O=C(O)CC=Cc1ccccc1.[Zn]. The van der Waals surface area contributed by atoms with E-state index >= 15 is 0 Å². The van der Waals surface area contributed by atoms with Crippen molar-refractivity contribution in [3.63, 3.8) is 0 Å². The largest absolute Gasteiger partial charge is 0.481 e. The van der Waals surface area contributed by atoms with Gasteiger partial charge in [0.25, 0.3) is 0 Å². The van der Waals surface area contributed by atoms with E-state index in [1.807, 2.05) is 30.3 Å². The molecule has 0 aliphatic heterocycles. The Hall–Kier alpha value is -0.947. The van der Waals surface area contributed by atoms with Crippen LogP contribution in [0.1, 0.15) is 12.0 Å². The first-order valence-electron chi connectivity index (χ1n) is 3.72. The molecule has 13 heavy (non-hydrogen) atoms. The predicted octanol–water partition coefficient (Wildman–Crippen LogP) is 2.17. The summed E-state index contributed by atoms with van der Waals surface area (Å²) in [5, 5.41) is 8.34. The minimum absolute atomic E-state index is 0. The van der Waals surface area contributed by atoms with Crippen molar-refractivity contribution in [2.75, 3.05) is 0 Å². The topological polar surface area (TPSA) is 37.3 Å². The van der Waals surface area contributed by atoms with Crippen LogP contribution in [-0.4, -0.2) is 11.1 Å². The molecule has 3 heteroatoms. The zero-order valence-electron chi connectivity index (χ0n) is 7.31. The summed E-state index contributed by atoms with van der Waals surface area (Å²) in [5.41, 5.74) is 1.03. The van der Waals surface area contributed by atoms with E-state index < -0.39 is 5.97 Å². The van der Waals surface area contributed by atoms with Gasteiger partial charge in [0, 0.05) is 19.5 Å². The molecule has 0 saturated heterocycles. The molecule has 0 bridgehead atoms. The molecule has 0 amide bonds. The molecule has 1 aromatic rings. The van der Waals surface area contributed by atoms with Crippen LogP contribution in [0.3, 0.4) is 0 Å². The van der Waals surface area contributed by atoms with Gasteiger partial charge >= 0.3 is 5.97 Å². The molecule has 0 aliphatic rings. The van der Waals surface area contributed by atoms with Crippen molar-refractivity contribution in [2.24, 2.45) is 0 Å². The van der Waals surface area contributed by atoms with Crippen LogP contribution in [0.4, 0.5) is 0 Å². The van der Waals surface area contributed by atoms with Crippen molar-refractivity contribution < 1.29 is 29.4 Å². The van der Waals surface area contributed by atoms with E-state index in [0.717, 1.165) is 5.56 Å². The number of rotatable bonds is 3. The van der Waals surface area contributed by atoms with Crippen LogP contribution in [0.5, 0.6) is 0 Å². The van der Waals surface area contributed by atoms with Gasteiger partial charge in [0.05, 0.1) is 6.42 Å². The average molecular weight is 228 g/mol. The van der Waals surface area contributed by atoms with Crippen molar-refractivity contribution in [1.29, 1.82) is 0 Å². The molecule has 0 fully saturated rings. The minimum atomic E-state index is -0.804. The third-order valence-corrected chi connectivity index (χ3v) is 1.40. The van der Waals surface area contributed by atoms with Crippen molar-refractivity contribution in [2.45, 2.75) is 6.42 Å². The van der Waals surface area contributed by atoms with Crippen LogP contribution >= 0.6 is 0 Å². The summed E-state index contributed by atoms with van der Waals surface area (Å²) in [6, 6.07) is 9.62. The van der Waals surface area contributed by atoms with Crippen molar-refractivity contribution in [1.82, 2.24) is 0 Å². The van der Waals surface area contributed by atoms with Gasteiger partial charge in [-0.2, -0.15) is 0 Å². The Morgan fingerprint density at radius 1 is 1.31 bits per heavy atom. The van der Waals surface area contributed by atoms with Gasteiger partial charge in [-0.1, -0.05) is 42.5 Å². The number of carbonyl (C=O) groups is 1. The Labute approximate surface area is 90.0 Å². The summed E-state index contributed by atoms with van der Waals surface area (Å²) in [6.45, 7) is 0. The molecule has 1 aromatic carbocycles. The van der Waals surface area contributed by atoms with Crippen LogP contribution in [-0.2, 0) is 24.3 Å². The normalized spacial score (nSPS) is 9.54. The second kappa shape index (κ2) is 6.56. The second-order valence-corrected chi connectivity index (χ2v) is 2.41. The van der Waals surface area contributed by atoms with Crippen LogP contribution in [0, 0.1) is 0 Å². The molecule has 64 valence electrons. The maximum absolute atomic E-state index is 10.1. The molecule has 0 heterocycles. The van der Waals surface area contributed by atoms with Gasteiger partial charge in [0.2, 0.25) is 0 Å². The Kier molecular flexibility index (Phi) is 6.08. The fourth-order valence-electron chi connectivity index (χ4n) is 0.860. The molecule has 0 unspecified atom stereocenters. The fourth-order valence-corrected chi connectivity index (χ4v) is 0.860. The minimum Gasteiger partial charge on any atom is -0.481 e. The Morgan fingerprint density at radius 2 is 1.92 bits per heavy atom. The van der Waals surface area contributed by atoms with E-state index in [1.54, 1.807) is 12.2 Å². The van der Waals surface area contributed by atoms with Crippen molar-refractivity contribution in [3.8, 4) is 0 Å². The average Bonchev–Trinajstić information content (AvgIpc) is 2.05. The molecular weight excluding hydrogens is 217 g/mol. The summed E-state index contributed by atoms with van der Waals surface area (Å²) in [6.07, 6.45) is 3.51. The predicted molar refractivity (Wildman–Crippen MR) is 47.7 cm³/mol. The first-order chi connectivity index (χ1) is 5.79. The third-order valence-electron chi connectivity index (χ3n) is 1.40. The van der Waals surface area contributed by atoms with Gasteiger partial charge < -0.3 is 5.11 Å². The van der Waals surface area contributed by atoms with Crippen LogP contribution in [0.2, 0.25) is 0 Å². The summed E-state index contributed by atoms with van der Waals surface area (Å²) >= 11 is 0. The molecule has 1 rings (SSSR count). The van der Waals surface area contributed by atoms with Gasteiger partial charge in [0.1, 0.15) is 0 Å². The molecule has 0 radical (unpaired) electrons. The van der Waals surface area contributed by atoms with Crippen LogP contribution in [0.15, 0.2) is 36.4 Å². The zero-order chi connectivity index (χ0) is 8.81. The molecule has 2 nitrogen and oxygen atoms in total. The standard InChI is InChI=1S/C10H10O2.Zn/c11-10(12)8-4-7-9-5-2-1-3-6-9;/h1-7H,8H2,(H,11,12);. The smallest absolute Gasteiger partial charge is 0.307 e. The number of aliphatic carboxylic acids is 1. The van der Waals surface area contributed by atoms with Crippen LogP contribution < -0.4 is 0 Å². The molecule has 0 aliphatic carbocycles. The van der Waals surface area contributed by atoms with Gasteiger partial charge in [-0.05, 0) is 5.56 Å². The third kappa shape index (κ3) is 5.32. The van der Waals surface area contributed by atoms with Gasteiger partial charge in [-0.15, -0.1) is 0 Å². The van der Waals surface area contributed by atoms with Crippen molar-refractivity contribution in [3.05, 3.63) is 42.0 Å². The maximum atomic E-state index is 10.1. The number of benzene rings is 1. The summed E-state index contributed by atoms with van der Waals surface area (Å²) in [7, 11) is 0. The van der Waals surface area contributed by atoms with Crippen LogP contribution in [0.25, 0.3) is 6.08 Å². The quantitative estimate of drug-likeness (QED) is 0.804. The zero-order valence-corrected chi connectivity index (χ0v) is 10.3. The summed E-state index contributed by atoms with van der Waals surface area (Å²) < 4.78 is 0. The van der Waals surface area contributed by atoms with E-state index in [4.69, 9.17) is 5.11 Å². The van der Waals surface area contributed by atoms with Gasteiger partial charge in [0.15, 0.2) is 0 Å². The summed E-state index contributed by atoms with van der Waals surface area (Å²) in [4.78, 5) is 10.1. The molecular formula is C10H10O2Zn. The van der Waals surface area contributed by atoms with E-state index in [0.29, 0.717) is 0 Å². The molecule has 0 aromatic heterocycles. The van der Waals surface area contributed by atoms with E-state index in [9.17, 15) is 4.79 Å². The molecule has 0 spiro atoms. The second-order valence-electron chi connectivity index (χ2n) is 2.41. The van der Waals surface area contributed by atoms with Gasteiger partial charge in [-0.25, -0.2) is 0 Å². The van der Waals surface area contributed by atoms with E-state index in [2.05, 4.69) is 0 Å². The number of carboxylic acid groups (broad SMARTS) is 1. The Bertz CT molecular complexity index is 280. The van der Waals surface area contributed by atoms with E-state index in [1.165, 1.54) is 0 Å². The fraction of sp³-hybridized carbons (Fsp3) is 0.100. The maximum Gasteiger partial charge on any atom is 0.307 e. The summed E-state index contributed by atoms with van der Waals surface area (Å²) in [5.74, 6) is -0.804. The number of carboxylic acids is 1. The monoisotopic (exact) mass is 226 g/mol. The Balaban J connectivity index is 0.00000144. The van der Waals surface area contributed by atoms with Crippen molar-refractivity contribution >= 4 is 12.0 Å². The number of hydrogen-bond donors (Lipinski definition) is 1. The first-order valence-corrected chi connectivity index (χ1v) is 3.72. The molecule has 1 N–H and O–H groups in total. The number of hydrogen-bond acceptors (Lipinski definition) is 1. The van der Waals surface area contributed by atoms with Gasteiger partial charge in [-0.3, -0.25) is 4.79 Å². The first kappa shape index (κ1) is 12.1. The Morgan fingerprint density at radius 3 is 2.46 bits per heavy atom. The molecule has 0 saturated carbocycles. The molecule has 0 atom stereocenters. The van der Waals surface area contributed by atoms with E-state index in [-0.39, 0.29) is 25.9 Å².